The van der Waals surface area contributed by atoms with Gasteiger partial charge in [0.25, 0.3) is 5.91 Å². The maximum Gasteiger partial charge on any atom is 0.252 e. The van der Waals surface area contributed by atoms with Crippen molar-refractivity contribution in [2.75, 3.05) is 5.32 Å². The topological polar surface area (TPSA) is 264 Å². The Kier molecular flexibility index (Phi) is 16.2. The van der Waals surface area contributed by atoms with Gasteiger partial charge in [0.15, 0.2) is 0 Å². The molecule has 0 unspecified atom stereocenters. The number of anilines is 1. The van der Waals surface area contributed by atoms with Crippen LogP contribution in [-0.2, 0) is 38.4 Å². The van der Waals surface area contributed by atoms with E-state index in [1.807, 2.05) is 0 Å². The fourth-order valence-corrected chi connectivity index (χ4v) is 4.26. The molecule has 0 aliphatic rings. The predicted octanol–water partition coefficient (Wildman–Crippen LogP) is -1.42. The van der Waals surface area contributed by atoms with Crippen LogP contribution in [0.1, 0.15) is 62.3 Å². The van der Waals surface area contributed by atoms with Gasteiger partial charge in [-0.25, -0.2) is 0 Å². The number of halogens is 1. The number of nitrogens with one attached hydrogen (secondary N) is 6. The van der Waals surface area contributed by atoms with Gasteiger partial charge in [0.05, 0.1) is 11.6 Å². The highest BCUT2D eigenvalue weighted by Crippen LogP contribution is 2.14. The van der Waals surface area contributed by atoms with Gasteiger partial charge in [-0.2, -0.15) is 0 Å². The third kappa shape index (κ3) is 13.3. The van der Waals surface area contributed by atoms with E-state index in [1.54, 1.807) is 24.3 Å². The van der Waals surface area contributed by atoms with Crippen LogP contribution in [0.2, 0.25) is 0 Å². The zero-order valence-electron chi connectivity index (χ0n) is 29.1. The first-order valence-corrected chi connectivity index (χ1v) is 16.6. The molecule has 0 aromatic heterocycles. The van der Waals surface area contributed by atoms with Gasteiger partial charge in [-0.15, -0.1) is 0 Å². The third-order valence-corrected chi connectivity index (χ3v) is 7.76. The Morgan fingerprint density at radius 1 is 0.612 bits per heavy atom. The van der Waals surface area contributed by atoms with Crippen LogP contribution in [0.4, 0.5) is 5.69 Å². The van der Waals surface area contributed by atoms with Crippen LogP contribution in [0.15, 0.2) is 24.3 Å². The van der Waals surface area contributed by atoms with Crippen LogP contribution in [0.5, 0.6) is 0 Å². The maximum atomic E-state index is 13.6. The predicted molar refractivity (Wildman–Crippen MR) is 189 cm³/mol. The number of imide groups is 1. The molecule has 0 aliphatic heterocycles. The number of rotatable bonds is 15. The van der Waals surface area contributed by atoms with Gasteiger partial charge >= 0.3 is 0 Å². The van der Waals surface area contributed by atoms with Crippen molar-refractivity contribution in [3.05, 3.63) is 27.8 Å². The first kappa shape index (κ1) is 42.9. The summed E-state index contributed by atoms with van der Waals surface area (Å²) in [4.78, 5) is 103. The molecule has 1 aromatic rings. The molecule has 1 aromatic carbocycles. The minimum absolute atomic E-state index is 0.503. The van der Waals surface area contributed by atoms with Gasteiger partial charge in [-0.1, -0.05) is 0 Å². The second kappa shape index (κ2) is 18.6. The van der Waals surface area contributed by atoms with Gasteiger partial charge < -0.3 is 43.4 Å². The van der Waals surface area contributed by atoms with Gasteiger partial charge in [-0.05, 0) is 109 Å². The molecule has 1 rings (SSSR count). The second-order valence-electron chi connectivity index (χ2n) is 12.3. The lowest BCUT2D eigenvalue weighted by Crippen LogP contribution is -2.63. The van der Waals surface area contributed by atoms with Gasteiger partial charge in [0.2, 0.25) is 41.4 Å². The van der Waals surface area contributed by atoms with Gasteiger partial charge in [0.1, 0.15) is 36.3 Å². The van der Waals surface area contributed by atoms with E-state index in [0.29, 0.717) is 10.6 Å². The van der Waals surface area contributed by atoms with Crippen molar-refractivity contribution >= 4 is 75.5 Å². The zero-order valence-corrected chi connectivity index (χ0v) is 31.3. The average molecular weight is 802 g/mol. The number of nitrogens with two attached hydrogens (primary N) is 2. The molecule has 10 N–H and O–H groups in total. The quantitative estimate of drug-likeness (QED) is 0.0961. The molecule has 49 heavy (non-hydrogen) atoms. The molecule has 0 fully saturated rings. The van der Waals surface area contributed by atoms with E-state index >= 15 is 0 Å². The van der Waals surface area contributed by atoms with Crippen LogP contribution >= 0.6 is 22.6 Å². The molecular formula is C31H48IN9O8. The van der Waals surface area contributed by atoms with E-state index in [1.165, 1.54) is 62.3 Å². The Morgan fingerprint density at radius 2 is 0.980 bits per heavy atom. The summed E-state index contributed by atoms with van der Waals surface area (Å²) in [5, 5.41) is 14.8. The van der Waals surface area contributed by atoms with Crippen LogP contribution in [-0.4, -0.2) is 100.0 Å². The van der Waals surface area contributed by atoms with Crippen molar-refractivity contribution in [3.63, 3.8) is 0 Å². The SMILES string of the molecule is C[C@H](N)C(=O)N[C@@H](C)C(=O)N[C@@H](C)C(=O)N[C@@H](C)C(=O)N[C@@H](C)C(=O)N(C(=O)C(C)(C)N)[C@@H](C)C(=O)N[C@@H](C)C(=O)Nc1ccc(I)cc1. The standard InChI is InChI=1S/C31H48IN9O8/c1-14(33)23(42)35-15(2)24(43)36-16(3)25(44)37-17(4)26(45)39-19(6)29(48)41(30(49)31(8,9)34)20(7)28(47)38-18(5)27(46)40-22-12-10-21(32)11-13-22/h10-20H,33-34H2,1-9H3,(H,35,42)(H,36,43)(H,37,44)(H,38,47)(H,39,45)(H,40,46)/t14-,15-,16-,17-,18-,19-,20-/m0/s1. The van der Waals surface area contributed by atoms with E-state index in [2.05, 4.69) is 54.5 Å². The molecule has 18 heteroatoms. The van der Waals surface area contributed by atoms with E-state index in [0.717, 1.165) is 3.57 Å². The number of benzene rings is 1. The van der Waals surface area contributed by atoms with Gasteiger partial charge in [0, 0.05) is 9.26 Å². The minimum atomic E-state index is -1.60. The summed E-state index contributed by atoms with van der Waals surface area (Å²) in [6, 6.07) is -1.08. The van der Waals surface area contributed by atoms with Crippen molar-refractivity contribution in [1.82, 2.24) is 31.5 Å². The molecule has 0 aliphatic carbocycles. The second-order valence-corrected chi connectivity index (χ2v) is 13.6. The molecule has 8 amide bonds. The number of hydrogen-bond donors (Lipinski definition) is 8. The lowest BCUT2D eigenvalue weighted by Gasteiger charge is -2.34. The Hall–Kier alpha value is -4.17. The molecule has 272 valence electrons. The molecule has 0 radical (unpaired) electrons. The van der Waals surface area contributed by atoms with E-state index < -0.39 is 95.1 Å². The summed E-state index contributed by atoms with van der Waals surface area (Å²) in [5.41, 5.74) is 10.4. The van der Waals surface area contributed by atoms with Crippen molar-refractivity contribution < 1.29 is 38.4 Å². The zero-order chi connectivity index (χ0) is 38.0. The molecule has 0 heterocycles. The first-order chi connectivity index (χ1) is 22.5. The van der Waals surface area contributed by atoms with Crippen LogP contribution in [0.3, 0.4) is 0 Å². The fraction of sp³-hybridized carbons (Fsp3) is 0.548. The highest BCUT2D eigenvalue weighted by molar-refractivity contribution is 14.1. The highest BCUT2D eigenvalue weighted by atomic mass is 127. The van der Waals surface area contributed by atoms with Crippen LogP contribution in [0, 0.1) is 3.57 Å². The molecule has 0 spiro atoms. The number of nitrogens with zero attached hydrogens (tertiary/aromatic N) is 1. The Labute approximate surface area is 299 Å². The summed E-state index contributed by atoms with van der Waals surface area (Å²) < 4.78 is 0.959. The third-order valence-electron chi connectivity index (χ3n) is 7.04. The van der Waals surface area contributed by atoms with E-state index in [9.17, 15) is 38.4 Å². The van der Waals surface area contributed by atoms with Gasteiger partial charge in [-0.3, -0.25) is 43.3 Å². The smallest absolute Gasteiger partial charge is 0.252 e. The Balaban J connectivity index is 2.93. The molecule has 0 bridgehead atoms. The number of carbonyl (C=O) groups is 8. The lowest BCUT2D eigenvalue weighted by atomic mass is 10.0. The molecule has 0 saturated heterocycles. The van der Waals surface area contributed by atoms with Crippen LogP contribution in [0.25, 0.3) is 0 Å². The number of amides is 8. The number of carbonyl (C=O) groups excluding carboxylic acids is 8. The normalized spacial score (nSPS) is 15.4. The first-order valence-electron chi connectivity index (χ1n) is 15.5. The largest absolute Gasteiger partial charge is 0.343 e. The van der Waals surface area contributed by atoms with Crippen molar-refractivity contribution in [3.8, 4) is 0 Å². The molecule has 7 atom stereocenters. The van der Waals surface area contributed by atoms with Crippen LogP contribution < -0.4 is 43.4 Å². The van der Waals surface area contributed by atoms with Crippen molar-refractivity contribution in [1.29, 1.82) is 0 Å². The maximum absolute atomic E-state index is 13.6. The minimum Gasteiger partial charge on any atom is -0.343 e. The Bertz CT molecular complexity index is 1410. The fourth-order valence-electron chi connectivity index (χ4n) is 3.90. The Morgan fingerprint density at radius 3 is 1.39 bits per heavy atom. The summed E-state index contributed by atoms with van der Waals surface area (Å²) in [5.74, 6) is -6.06. The van der Waals surface area contributed by atoms with E-state index in [-0.39, 0.29) is 0 Å². The van der Waals surface area contributed by atoms with Crippen molar-refractivity contribution in [2.45, 2.75) is 110 Å². The summed E-state index contributed by atoms with van der Waals surface area (Å²) in [6.45, 7) is 12.2. The summed E-state index contributed by atoms with van der Waals surface area (Å²) in [6.07, 6.45) is 0. The molecule has 17 nitrogen and oxygen atoms in total. The average Bonchev–Trinajstić information content (AvgIpc) is 3.00. The summed E-state index contributed by atoms with van der Waals surface area (Å²) in [7, 11) is 0. The molecular weight excluding hydrogens is 753 g/mol. The summed E-state index contributed by atoms with van der Waals surface area (Å²) >= 11 is 2.11. The number of hydrogen-bond acceptors (Lipinski definition) is 10. The highest BCUT2D eigenvalue weighted by Gasteiger charge is 2.40. The lowest BCUT2D eigenvalue weighted by molar-refractivity contribution is -0.155. The monoisotopic (exact) mass is 801 g/mol. The molecule has 0 saturated carbocycles. The van der Waals surface area contributed by atoms with Crippen molar-refractivity contribution in [2.24, 2.45) is 11.5 Å². The van der Waals surface area contributed by atoms with E-state index in [4.69, 9.17) is 11.5 Å².